The molecule has 0 aromatic heterocycles. The predicted octanol–water partition coefficient (Wildman–Crippen LogP) is 22.3. The molecule has 0 spiro atoms. The van der Waals surface area contributed by atoms with Gasteiger partial charge in [0.1, 0.15) is 19.3 Å². The Morgan fingerprint density at radius 2 is 0.520 bits per heavy atom. The summed E-state index contributed by atoms with van der Waals surface area (Å²) in [6.07, 6.45) is 79.0. The fourth-order valence-corrected chi connectivity index (χ4v) is 11.6. The largest absolute Gasteiger partial charge is 0.472 e. The smallest absolute Gasteiger partial charge is 0.462 e. The fraction of sp³-hybridized carbons (Fsp3) is 0.704. The summed E-state index contributed by atoms with van der Waals surface area (Å²) in [6, 6.07) is 0. The highest BCUT2D eigenvalue weighted by Gasteiger charge is 2.30. The first-order valence-corrected chi connectivity index (χ1v) is 41.8. The molecule has 0 amide bonds. The summed E-state index contributed by atoms with van der Waals surface area (Å²) in [5.74, 6) is -2.22. The van der Waals surface area contributed by atoms with E-state index in [1.54, 1.807) is 0 Å². The van der Waals surface area contributed by atoms with Gasteiger partial charge < -0.3 is 33.8 Å². The molecule has 0 radical (unpaired) electrons. The number of phosphoric acid groups is 2. The van der Waals surface area contributed by atoms with E-state index in [9.17, 15) is 43.2 Å². The molecule has 574 valence electrons. The number of esters is 4. The third-order valence-electron chi connectivity index (χ3n) is 15.9. The lowest BCUT2D eigenvalue weighted by molar-refractivity contribution is -0.161. The third-order valence-corrected chi connectivity index (χ3v) is 17.8. The van der Waals surface area contributed by atoms with Crippen LogP contribution in [0.15, 0.2) is 122 Å². The average molecular weight is 1450 g/mol. The van der Waals surface area contributed by atoms with E-state index in [4.69, 9.17) is 37.0 Å². The van der Waals surface area contributed by atoms with Gasteiger partial charge in [-0.25, -0.2) is 9.13 Å². The molecule has 0 rings (SSSR count). The summed E-state index contributed by atoms with van der Waals surface area (Å²) >= 11 is 0. The Bertz CT molecular complexity index is 2370. The van der Waals surface area contributed by atoms with Crippen LogP contribution in [0.3, 0.4) is 0 Å². The van der Waals surface area contributed by atoms with Gasteiger partial charge in [-0.15, -0.1) is 0 Å². The average Bonchev–Trinajstić information content (AvgIpc) is 1.02. The Balaban J connectivity index is 5.34. The molecule has 0 aliphatic heterocycles. The molecule has 5 unspecified atom stereocenters. The monoisotopic (exact) mass is 1440 g/mol. The second-order valence-electron chi connectivity index (χ2n) is 25.5. The maximum Gasteiger partial charge on any atom is 0.472 e. The molecule has 17 nitrogen and oxygen atoms in total. The van der Waals surface area contributed by atoms with Crippen LogP contribution in [-0.2, 0) is 65.4 Å². The van der Waals surface area contributed by atoms with Crippen molar-refractivity contribution in [3.05, 3.63) is 122 Å². The maximum absolute atomic E-state index is 13.1. The Morgan fingerprint density at radius 1 is 0.290 bits per heavy atom. The number of unbranched alkanes of at least 4 members (excludes halogenated alkanes) is 26. The summed E-state index contributed by atoms with van der Waals surface area (Å²) in [7, 11) is -9.96. The van der Waals surface area contributed by atoms with Crippen LogP contribution in [0.5, 0.6) is 0 Å². The molecule has 0 heterocycles. The summed E-state index contributed by atoms with van der Waals surface area (Å²) in [4.78, 5) is 72.9. The normalized spacial score (nSPS) is 14.6. The van der Waals surface area contributed by atoms with E-state index in [-0.39, 0.29) is 25.7 Å². The van der Waals surface area contributed by atoms with E-state index in [0.29, 0.717) is 25.7 Å². The van der Waals surface area contributed by atoms with Crippen LogP contribution < -0.4 is 0 Å². The molecule has 0 aromatic carbocycles. The first kappa shape index (κ1) is 95.5. The van der Waals surface area contributed by atoms with E-state index in [0.717, 1.165) is 218 Å². The van der Waals surface area contributed by atoms with Gasteiger partial charge in [-0.2, -0.15) is 0 Å². The molecule has 3 N–H and O–H groups in total. The van der Waals surface area contributed by atoms with Gasteiger partial charge in [0.05, 0.1) is 26.4 Å². The van der Waals surface area contributed by atoms with Gasteiger partial charge in [-0.1, -0.05) is 265 Å². The van der Waals surface area contributed by atoms with E-state index in [2.05, 4.69) is 149 Å². The summed E-state index contributed by atoms with van der Waals surface area (Å²) < 4.78 is 68.5. The number of phosphoric ester groups is 2. The molecule has 0 saturated carbocycles. The minimum absolute atomic E-state index is 0.0712. The Morgan fingerprint density at radius 3 is 0.810 bits per heavy atom. The summed E-state index contributed by atoms with van der Waals surface area (Å²) in [6.45, 7) is 4.46. The number of carbonyl (C=O) groups excluding carboxylic acids is 4. The SMILES string of the molecule is CC/C=C\C/C=C\C/C=C\CCCCCCCCCC(=O)OCC(COP(=O)(O)OCC(O)COP(=O)(O)OCC(COC(=O)CCCCCCCCC/C=C\C/C=C\C/C=C\CC)OC(=O)CCCCCCC/C=C\CCCC)OC(=O)CCCCCCC/C=C\C/C=C\C/C=C\CC. The van der Waals surface area contributed by atoms with Crippen molar-refractivity contribution in [1.29, 1.82) is 0 Å². The number of allylic oxidation sites excluding steroid dienone is 20. The lowest BCUT2D eigenvalue weighted by atomic mass is 10.1. The molecule has 0 fully saturated rings. The predicted molar refractivity (Wildman–Crippen MR) is 408 cm³/mol. The van der Waals surface area contributed by atoms with Crippen molar-refractivity contribution in [2.45, 2.75) is 329 Å². The highest BCUT2D eigenvalue weighted by atomic mass is 31.2. The van der Waals surface area contributed by atoms with Gasteiger partial charge in [0.15, 0.2) is 12.2 Å². The number of hydrogen-bond acceptors (Lipinski definition) is 15. The van der Waals surface area contributed by atoms with E-state index in [1.807, 2.05) is 0 Å². The zero-order valence-corrected chi connectivity index (χ0v) is 64.4. The molecule has 0 aliphatic carbocycles. The van der Waals surface area contributed by atoms with Gasteiger partial charge in [-0.05, 0) is 141 Å². The topological polar surface area (TPSA) is 237 Å². The number of ether oxygens (including phenoxy) is 4. The second-order valence-corrected chi connectivity index (χ2v) is 28.4. The number of aliphatic hydroxyl groups is 1. The van der Waals surface area contributed by atoms with Gasteiger partial charge in [0.2, 0.25) is 0 Å². The summed E-state index contributed by atoms with van der Waals surface area (Å²) in [5, 5.41) is 10.6. The molecule has 0 aliphatic rings. The lowest BCUT2D eigenvalue weighted by Crippen LogP contribution is -2.30. The number of rotatable bonds is 72. The van der Waals surface area contributed by atoms with E-state index >= 15 is 0 Å². The molecular weight excluding hydrogens is 1310 g/mol. The number of carbonyl (C=O) groups is 4. The van der Waals surface area contributed by atoms with Crippen molar-refractivity contribution in [2.75, 3.05) is 39.6 Å². The number of hydrogen-bond donors (Lipinski definition) is 3. The van der Waals surface area contributed by atoms with Gasteiger partial charge in [-0.3, -0.25) is 37.3 Å². The highest BCUT2D eigenvalue weighted by molar-refractivity contribution is 7.47. The van der Waals surface area contributed by atoms with Crippen molar-refractivity contribution in [1.82, 2.24) is 0 Å². The van der Waals surface area contributed by atoms with Gasteiger partial charge >= 0.3 is 39.5 Å². The molecule has 19 heteroatoms. The molecule has 0 saturated heterocycles. The number of aliphatic hydroxyl groups excluding tert-OH is 1. The highest BCUT2D eigenvalue weighted by Crippen LogP contribution is 2.45. The molecule has 0 bridgehead atoms. The van der Waals surface area contributed by atoms with Crippen LogP contribution in [0, 0.1) is 0 Å². The van der Waals surface area contributed by atoms with Crippen molar-refractivity contribution in [2.24, 2.45) is 0 Å². The fourth-order valence-electron chi connectivity index (χ4n) is 10.1. The zero-order valence-electron chi connectivity index (χ0n) is 62.6. The van der Waals surface area contributed by atoms with Crippen molar-refractivity contribution < 1.29 is 80.2 Å². The van der Waals surface area contributed by atoms with Crippen LogP contribution in [0.4, 0.5) is 0 Å². The first-order valence-electron chi connectivity index (χ1n) is 38.8. The van der Waals surface area contributed by atoms with E-state index in [1.165, 1.54) is 12.8 Å². The standard InChI is InChI=1S/C81H138O17P2/c1-5-9-13-17-21-25-29-32-35-37-40-42-46-49-53-57-61-65-78(83)91-71-76(97-80(85)67-63-59-55-51-45-28-24-20-16-12-8-4)73-95-99(87,88)93-69-75(82)70-94-100(89,90)96-74-77(98-81(86)68-64-60-56-52-48-44-39-34-31-27-23-19-15-11-7-3)72-92-79(84)66-62-58-54-50-47-43-41-38-36-33-30-26-22-18-14-10-6-2/h9-11,13-15,20-27,32-36,39,75-77,82H,5-8,12,16-19,28-31,37-38,40-74H2,1-4H3,(H,87,88)(H,89,90)/b13-9-,14-10-,15-11-,24-20-,25-21-,26-22-,27-23-,35-32-,36-33-,39-34-. The van der Waals surface area contributed by atoms with Gasteiger partial charge in [0.25, 0.3) is 0 Å². The van der Waals surface area contributed by atoms with E-state index < -0.39 is 97.5 Å². The lowest BCUT2D eigenvalue weighted by Gasteiger charge is -2.21. The quantitative estimate of drug-likeness (QED) is 0.0169. The third kappa shape index (κ3) is 71.8. The van der Waals surface area contributed by atoms with Crippen LogP contribution >= 0.6 is 15.6 Å². The van der Waals surface area contributed by atoms with Crippen LogP contribution in [-0.4, -0.2) is 96.7 Å². The molecule has 100 heavy (non-hydrogen) atoms. The van der Waals surface area contributed by atoms with Crippen molar-refractivity contribution in [3.8, 4) is 0 Å². The Kier molecular flexibility index (Phi) is 69.5. The van der Waals surface area contributed by atoms with Gasteiger partial charge in [0, 0.05) is 25.7 Å². The minimum atomic E-state index is -4.98. The first-order chi connectivity index (χ1) is 48.7. The minimum Gasteiger partial charge on any atom is -0.462 e. The Labute approximate surface area is 606 Å². The molecule has 0 aromatic rings. The van der Waals surface area contributed by atoms with Crippen LogP contribution in [0.25, 0.3) is 0 Å². The Hall–Kier alpha value is -4.54. The van der Waals surface area contributed by atoms with Crippen molar-refractivity contribution >= 4 is 39.5 Å². The van der Waals surface area contributed by atoms with Crippen molar-refractivity contribution in [3.63, 3.8) is 0 Å². The maximum atomic E-state index is 13.1. The second kappa shape index (κ2) is 72.8. The van der Waals surface area contributed by atoms with Crippen LogP contribution in [0.1, 0.15) is 310 Å². The van der Waals surface area contributed by atoms with Crippen LogP contribution in [0.2, 0.25) is 0 Å². The zero-order chi connectivity index (χ0) is 73.2. The summed E-state index contributed by atoms with van der Waals surface area (Å²) in [5.41, 5.74) is 0. The molecular formula is C81H138O17P2. The molecule has 5 atom stereocenters.